The van der Waals surface area contributed by atoms with E-state index in [-0.39, 0.29) is 0 Å². The molecule has 0 fully saturated rings. The highest BCUT2D eigenvalue weighted by atomic mass is 16.5. The molecule has 0 unspecified atom stereocenters. The van der Waals surface area contributed by atoms with Gasteiger partial charge < -0.3 is 14.6 Å². The van der Waals surface area contributed by atoms with Gasteiger partial charge in [0.25, 0.3) is 0 Å². The molecule has 6 nitrogen and oxygen atoms in total. The average Bonchev–Trinajstić information content (AvgIpc) is 2.76. The number of hydrogen-bond donors (Lipinski definition) is 1. The normalized spacial score (nSPS) is 10.6. The van der Waals surface area contributed by atoms with Crippen molar-refractivity contribution in [2.75, 3.05) is 19.0 Å². The maximum absolute atomic E-state index is 5.12. The molecule has 0 aliphatic rings. The van der Waals surface area contributed by atoms with E-state index in [1.54, 1.807) is 19.6 Å². The van der Waals surface area contributed by atoms with Crippen molar-refractivity contribution in [2.45, 2.75) is 13.5 Å². The highest BCUT2D eigenvalue weighted by Crippen LogP contribution is 2.17. The zero-order valence-corrected chi connectivity index (χ0v) is 10.8. The number of nitrogens with one attached hydrogen (secondary N) is 1. The lowest BCUT2D eigenvalue weighted by Gasteiger charge is -2.08. The average molecular weight is 247 g/mol. The molecule has 0 amide bonds. The van der Waals surface area contributed by atoms with Crippen LogP contribution in [0.1, 0.15) is 12.6 Å². The van der Waals surface area contributed by atoms with Crippen molar-refractivity contribution in [3.8, 4) is 11.5 Å². The maximum atomic E-state index is 5.12. The minimum atomic E-state index is 0.464. The molecule has 2 heterocycles. The predicted octanol–water partition coefficient (Wildman–Crippen LogP) is 1.46. The minimum Gasteiger partial charge on any atom is -0.378 e. The Hall–Kier alpha value is -1.95. The summed E-state index contributed by atoms with van der Waals surface area (Å²) in [6.45, 7) is 3.31. The summed E-state index contributed by atoms with van der Waals surface area (Å²) in [6.07, 6.45) is 3.48. The van der Waals surface area contributed by atoms with Crippen LogP contribution in [0.5, 0.6) is 0 Å². The maximum Gasteiger partial charge on any atom is 0.180 e. The van der Waals surface area contributed by atoms with E-state index in [1.807, 2.05) is 24.6 Å². The van der Waals surface area contributed by atoms with Gasteiger partial charge in [-0.15, -0.1) is 0 Å². The third-order valence-corrected chi connectivity index (χ3v) is 2.48. The van der Waals surface area contributed by atoms with Crippen LogP contribution in [0, 0.1) is 0 Å². The van der Waals surface area contributed by atoms with Gasteiger partial charge in [0.05, 0.1) is 24.8 Å². The monoisotopic (exact) mass is 247 g/mol. The SMILES string of the molecule is CCNc1cc(COC)nc(-c2cncn2C)n1. The summed E-state index contributed by atoms with van der Waals surface area (Å²) in [4.78, 5) is 13.0. The number of aromatic nitrogens is 4. The van der Waals surface area contributed by atoms with Gasteiger partial charge in [-0.05, 0) is 6.92 Å². The third-order valence-electron chi connectivity index (χ3n) is 2.48. The Bertz CT molecular complexity index is 499. The van der Waals surface area contributed by atoms with Crippen molar-refractivity contribution in [2.24, 2.45) is 7.05 Å². The Balaban J connectivity index is 2.42. The molecule has 2 aromatic rings. The molecule has 96 valence electrons. The highest BCUT2D eigenvalue weighted by Gasteiger charge is 2.09. The van der Waals surface area contributed by atoms with E-state index >= 15 is 0 Å². The number of methoxy groups -OCH3 is 1. The van der Waals surface area contributed by atoms with E-state index in [0.29, 0.717) is 12.4 Å². The highest BCUT2D eigenvalue weighted by molar-refractivity contribution is 5.52. The Kier molecular flexibility index (Phi) is 3.88. The first-order chi connectivity index (χ1) is 8.74. The van der Waals surface area contributed by atoms with Gasteiger partial charge in [-0.25, -0.2) is 15.0 Å². The molecule has 2 rings (SSSR count). The van der Waals surface area contributed by atoms with Crippen LogP contribution in [0.4, 0.5) is 5.82 Å². The third kappa shape index (κ3) is 2.65. The van der Waals surface area contributed by atoms with Gasteiger partial charge in [-0.1, -0.05) is 0 Å². The first-order valence-corrected chi connectivity index (χ1v) is 5.82. The Morgan fingerprint density at radius 3 is 2.83 bits per heavy atom. The molecule has 0 radical (unpaired) electrons. The number of nitrogens with zero attached hydrogens (tertiary/aromatic N) is 4. The van der Waals surface area contributed by atoms with Crippen molar-refractivity contribution in [3.05, 3.63) is 24.3 Å². The summed E-state index contributed by atoms with van der Waals surface area (Å²) >= 11 is 0. The Morgan fingerprint density at radius 2 is 2.22 bits per heavy atom. The number of hydrogen-bond acceptors (Lipinski definition) is 5. The van der Waals surface area contributed by atoms with E-state index in [9.17, 15) is 0 Å². The standard InChI is InChI=1S/C12H17N5O/c1-4-14-11-5-9(7-18-3)15-12(16-11)10-6-13-8-17(10)2/h5-6,8H,4,7H2,1-3H3,(H,14,15,16). The first kappa shape index (κ1) is 12.5. The van der Waals surface area contributed by atoms with Crippen molar-refractivity contribution < 1.29 is 4.74 Å². The van der Waals surface area contributed by atoms with Gasteiger partial charge >= 0.3 is 0 Å². The van der Waals surface area contributed by atoms with Crippen LogP contribution in [0.2, 0.25) is 0 Å². The summed E-state index contributed by atoms with van der Waals surface area (Å²) in [6, 6.07) is 1.90. The van der Waals surface area contributed by atoms with Crippen molar-refractivity contribution >= 4 is 5.82 Å². The molecular weight excluding hydrogens is 230 g/mol. The molecule has 0 saturated carbocycles. The second-order valence-electron chi connectivity index (χ2n) is 3.92. The van der Waals surface area contributed by atoms with Gasteiger partial charge in [0.1, 0.15) is 11.5 Å². The van der Waals surface area contributed by atoms with Gasteiger partial charge in [-0.2, -0.15) is 0 Å². The summed E-state index contributed by atoms with van der Waals surface area (Å²) in [5.41, 5.74) is 1.73. The number of anilines is 1. The molecule has 0 spiro atoms. The lowest BCUT2D eigenvalue weighted by atomic mass is 10.3. The summed E-state index contributed by atoms with van der Waals surface area (Å²) < 4.78 is 7.01. The van der Waals surface area contributed by atoms with E-state index < -0.39 is 0 Å². The zero-order chi connectivity index (χ0) is 13.0. The van der Waals surface area contributed by atoms with E-state index in [2.05, 4.69) is 20.3 Å². The van der Waals surface area contributed by atoms with Gasteiger partial charge in [0.15, 0.2) is 5.82 Å². The molecular formula is C12H17N5O. The molecule has 0 aliphatic carbocycles. The molecule has 2 aromatic heterocycles. The summed E-state index contributed by atoms with van der Waals surface area (Å²) in [5.74, 6) is 1.45. The van der Waals surface area contributed by atoms with E-state index in [0.717, 1.165) is 23.8 Å². The van der Waals surface area contributed by atoms with Crippen LogP contribution < -0.4 is 5.32 Å². The number of imidazole rings is 1. The van der Waals surface area contributed by atoms with Crippen molar-refractivity contribution in [1.82, 2.24) is 19.5 Å². The fourth-order valence-electron chi connectivity index (χ4n) is 1.68. The van der Waals surface area contributed by atoms with Gasteiger partial charge in [0.2, 0.25) is 0 Å². The number of aryl methyl sites for hydroxylation is 1. The molecule has 0 atom stereocenters. The summed E-state index contributed by atoms with van der Waals surface area (Å²) in [7, 11) is 3.57. The Morgan fingerprint density at radius 1 is 1.39 bits per heavy atom. The van der Waals surface area contributed by atoms with Gasteiger partial charge in [-0.3, -0.25) is 0 Å². The van der Waals surface area contributed by atoms with Crippen LogP contribution in [-0.2, 0) is 18.4 Å². The molecule has 1 N–H and O–H groups in total. The van der Waals surface area contributed by atoms with Crippen molar-refractivity contribution in [3.63, 3.8) is 0 Å². The fraction of sp³-hybridized carbons (Fsp3) is 0.417. The summed E-state index contributed by atoms with van der Waals surface area (Å²) in [5, 5.41) is 3.19. The number of rotatable bonds is 5. The predicted molar refractivity (Wildman–Crippen MR) is 69.1 cm³/mol. The van der Waals surface area contributed by atoms with Crippen LogP contribution in [0.15, 0.2) is 18.6 Å². The Labute approximate surface area is 106 Å². The molecule has 0 aromatic carbocycles. The van der Waals surface area contributed by atoms with Crippen LogP contribution in [0.25, 0.3) is 11.5 Å². The lowest BCUT2D eigenvalue weighted by molar-refractivity contribution is 0.181. The minimum absolute atomic E-state index is 0.464. The van der Waals surface area contributed by atoms with Crippen molar-refractivity contribution in [1.29, 1.82) is 0 Å². The smallest absolute Gasteiger partial charge is 0.180 e. The molecule has 0 bridgehead atoms. The van der Waals surface area contributed by atoms with Gasteiger partial charge in [0, 0.05) is 26.8 Å². The number of ether oxygens (including phenoxy) is 1. The fourth-order valence-corrected chi connectivity index (χ4v) is 1.68. The van der Waals surface area contributed by atoms with Crippen LogP contribution in [-0.4, -0.2) is 33.2 Å². The first-order valence-electron chi connectivity index (χ1n) is 5.82. The zero-order valence-electron chi connectivity index (χ0n) is 10.8. The van der Waals surface area contributed by atoms with E-state index in [1.165, 1.54) is 0 Å². The largest absolute Gasteiger partial charge is 0.378 e. The van der Waals surface area contributed by atoms with E-state index in [4.69, 9.17) is 4.74 Å². The quantitative estimate of drug-likeness (QED) is 0.866. The second-order valence-corrected chi connectivity index (χ2v) is 3.92. The molecule has 0 saturated heterocycles. The van der Waals surface area contributed by atoms with Crippen LogP contribution >= 0.6 is 0 Å². The lowest BCUT2D eigenvalue weighted by Crippen LogP contribution is -2.06. The second kappa shape index (κ2) is 5.59. The molecule has 6 heteroatoms. The van der Waals surface area contributed by atoms with Crippen LogP contribution in [0.3, 0.4) is 0 Å². The molecule has 18 heavy (non-hydrogen) atoms. The molecule has 0 aliphatic heterocycles. The topological polar surface area (TPSA) is 64.9 Å².